The van der Waals surface area contributed by atoms with Crippen LogP contribution in [0.3, 0.4) is 0 Å². The summed E-state index contributed by atoms with van der Waals surface area (Å²) in [5.41, 5.74) is 6.25. The van der Waals surface area contributed by atoms with Gasteiger partial charge < -0.3 is 15.4 Å². The molecule has 1 aliphatic heterocycles. The molecule has 0 aliphatic carbocycles. The van der Waals surface area contributed by atoms with Crippen LogP contribution in [-0.2, 0) is 4.74 Å². The van der Waals surface area contributed by atoms with E-state index in [2.05, 4.69) is 0 Å². The zero-order chi connectivity index (χ0) is 14.7. The van der Waals surface area contributed by atoms with Crippen molar-refractivity contribution < 1.29 is 14.5 Å². The van der Waals surface area contributed by atoms with Gasteiger partial charge in [-0.3, -0.25) is 14.9 Å². The Morgan fingerprint density at radius 1 is 1.57 bits per heavy atom. The van der Waals surface area contributed by atoms with E-state index in [1.807, 2.05) is 0 Å². The van der Waals surface area contributed by atoms with E-state index < -0.39 is 4.92 Å². The molecule has 2 rings (SSSR count). The van der Waals surface area contributed by atoms with Gasteiger partial charge in [-0.2, -0.15) is 0 Å². The van der Waals surface area contributed by atoms with E-state index >= 15 is 0 Å². The number of nitrogens with two attached hydrogens (primary N) is 1. The molecule has 1 aliphatic rings. The zero-order valence-electron chi connectivity index (χ0n) is 11.7. The third-order valence-corrected chi connectivity index (χ3v) is 3.42. The lowest BCUT2D eigenvalue weighted by Crippen LogP contribution is -2.48. The first kappa shape index (κ1) is 17.4. The van der Waals surface area contributed by atoms with Gasteiger partial charge in [-0.05, 0) is 13.0 Å². The molecule has 116 valence electrons. The van der Waals surface area contributed by atoms with E-state index in [0.29, 0.717) is 37.4 Å². The van der Waals surface area contributed by atoms with E-state index in [-0.39, 0.29) is 30.1 Å². The van der Waals surface area contributed by atoms with Gasteiger partial charge in [0, 0.05) is 36.8 Å². The van der Waals surface area contributed by atoms with E-state index in [1.165, 1.54) is 12.1 Å². The number of rotatable bonds is 3. The normalized spacial score (nSPS) is 18.0. The minimum Gasteiger partial charge on any atom is -0.373 e. The van der Waals surface area contributed by atoms with Gasteiger partial charge in [-0.25, -0.2) is 0 Å². The molecule has 0 bridgehead atoms. The first-order chi connectivity index (χ1) is 9.54. The second kappa shape index (κ2) is 7.35. The molecule has 0 aromatic heterocycles. The molecule has 1 amide bonds. The maximum absolute atomic E-state index is 12.5. The highest BCUT2D eigenvalue weighted by molar-refractivity contribution is 5.96. The van der Waals surface area contributed by atoms with Crippen molar-refractivity contribution in [1.29, 1.82) is 0 Å². The van der Waals surface area contributed by atoms with Gasteiger partial charge in [-0.1, -0.05) is 6.07 Å². The highest BCUT2D eigenvalue weighted by Gasteiger charge is 2.27. The third kappa shape index (κ3) is 3.69. The van der Waals surface area contributed by atoms with E-state index in [9.17, 15) is 14.9 Å². The molecule has 1 aromatic carbocycles. The molecule has 2 N–H and O–H groups in total. The van der Waals surface area contributed by atoms with Crippen LogP contribution in [0, 0.1) is 17.0 Å². The SMILES string of the molecule is Cc1c(C(=O)N2CCOC(CN)C2)cccc1[N+](=O)[O-].Cl. The fourth-order valence-electron chi connectivity index (χ4n) is 2.27. The number of nitro benzene ring substituents is 1. The molecule has 1 fully saturated rings. The summed E-state index contributed by atoms with van der Waals surface area (Å²) < 4.78 is 5.41. The molecule has 1 saturated heterocycles. The van der Waals surface area contributed by atoms with Crippen molar-refractivity contribution in [1.82, 2.24) is 4.90 Å². The summed E-state index contributed by atoms with van der Waals surface area (Å²) in [6.45, 7) is 3.25. The molecular weight excluding hydrogens is 298 g/mol. The monoisotopic (exact) mass is 315 g/mol. The highest BCUT2D eigenvalue weighted by Crippen LogP contribution is 2.22. The molecule has 0 saturated carbocycles. The molecule has 1 aromatic rings. The Morgan fingerprint density at radius 2 is 2.29 bits per heavy atom. The molecule has 1 heterocycles. The minimum atomic E-state index is -0.478. The average molecular weight is 316 g/mol. The van der Waals surface area contributed by atoms with E-state index in [1.54, 1.807) is 17.9 Å². The molecule has 7 nitrogen and oxygen atoms in total. The summed E-state index contributed by atoms with van der Waals surface area (Å²) in [4.78, 5) is 24.5. The Kier molecular flexibility index (Phi) is 6.07. The molecule has 0 spiro atoms. The van der Waals surface area contributed by atoms with Crippen LogP contribution >= 0.6 is 12.4 Å². The van der Waals surface area contributed by atoms with Gasteiger partial charge >= 0.3 is 0 Å². The first-order valence-electron chi connectivity index (χ1n) is 6.39. The van der Waals surface area contributed by atoms with Crippen molar-refractivity contribution in [2.75, 3.05) is 26.2 Å². The Morgan fingerprint density at radius 3 is 2.90 bits per heavy atom. The Hall–Kier alpha value is -1.70. The van der Waals surface area contributed by atoms with Crippen molar-refractivity contribution in [3.8, 4) is 0 Å². The molecule has 21 heavy (non-hydrogen) atoms. The molecule has 0 radical (unpaired) electrons. The summed E-state index contributed by atoms with van der Waals surface area (Å²) in [5, 5.41) is 10.9. The quantitative estimate of drug-likeness (QED) is 0.665. The predicted octanol–water partition coefficient (Wildman–Crippen LogP) is 1.12. The van der Waals surface area contributed by atoms with Crippen LogP contribution in [0.2, 0.25) is 0 Å². The van der Waals surface area contributed by atoms with E-state index in [0.717, 1.165) is 0 Å². The van der Waals surface area contributed by atoms with Gasteiger partial charge in [0.2, 0.25) is 0 Å². The standard InChI is InChI=1S/C13H17N3O4.ClH/c1-9-11(3-2-4-12(9)16(18)19)13(17)15-5-6-20-10(7-14)8-15;/h2-4,10H,5-8,14H2,1H3;1H. The van der Waals surface area contributed by atoms with Gasteiger partial charge in [-0.15, -0.1) is 12.4 Å². The molecular formula is C13H18ClN3O4. The lowest BCUT2D eigenvalue weighted by molar-refractivity contribution is -0.385. The number of halogens is 1. The van der Waals surface area contributed by atoms with Crippen LogP contribution in [0.15, 0.2) is 18.2 Å². The fourth-order valence-corrected chi connectivity index (χ4v) is 2.27. The van der Waals surface area contributed by atoms with Gasteiger partial charge in [0.05, 0.1) is 17.6 Å². The Labute approximate surface area is 128 Å². The van der Waals surface area contributed by atoms with Crippen molar-refractivity contribution in [3.63, 3.8) is 0 Å². The van der Waals surface area contributed by atoms with Crippen LogP contribution in [-0.4, -0.2) is 48.1 Å². The highest BCUT2D eigenvalue weighted by atomic mass is 35.5. The zero-order valence-corrected chi connectivity index (χ0v) is 12.5. The maximum atomic E-state index is 12.5. The largest absolute Gasteiger partial charge is 0.373 e. The number of carbonyl (C=O) groups is 1. The topological polar surface area (TPSA) is 98.7 Å². The van der Waals surface area contributed by atoms with Crippen molar-refractivity contribution in [3.05, 3.63) is 39.4 Å². The van der Waals surface area contributed by atoms with Crippen LogP contribution < -0.4 is 5.73 Å². The lowest BCUT2D eigenvalue weighted by atomic mass is 10.1. The fraction of sp³-hybridized carbons (Fsp3) is 0.462. The van der Waals surface area contributed by atoms with Gasteiger partial charge in [0.15, 0.2) is 0 Å². The number of amides is 1. The summed E-state index contributed by atoms with van der Waals surface area (Å²) in [6.07, 6.45) is -0.174. The van der Waals surface area contributed by atoms with Crippen LogP contribution in [0.1, 0.15) is 15.9 Å². The number of morpholine rings is 1. The molecule has 8 heteroatoms. The van der Waals surface area contributed by atoms with Crippen LogP contribution in [0.5, 0.6) is 0 Å². The number of hydrogen-bond donors (Lipinski definition) is 1. The first-order valence-corrected chi connectivity index (χ1v) is 6.39. The number of hydrogen-bond acceptors (Lipinski definition) is 5. The second-order valence-electron chi connectivity index (χ2n) is 4.69. The third-order valence-electron chi connectivity index (χ3n) is 3.42. The molecule has 1 unspecified atom stereocenters. The van der Waals surface area contributed by atoms with Gasteiger partial charge in [0.1, 0.15) is 0 Å². The summed E-state index contributed by atoms with van der Waals surface area (Å²) in [6, 6.07) is 4.53. The second-order valence-corrected chi connectivity index (χ2v) is 4.69. The lowest BCUT2D eigenvalue weighted by Gasteiger charge is -2.32. The summed E-state index contributed by atoms with van der Waals surface area (Å²) in [7, 11) is 0. The number of ether oxygens (including phenoxy) is 1. The van der Waals surface area contributed by atoms with Crippen LogP contribution in [0.4, 0.5) is 5.69 Å². The predicted molar refractivity (Wildman–Crippen MR) is 79.8 cm³/mol. The summed E-state index contributed by atoms with van der Waals surface area (Å²) >= 11 is 0. The maximum Gasteiger partial charge on any atom is 0.273 e. The molecule has 1 atom stereocenters. The van der Waals surface area contributed by atoms with Gasteiger partial charge in [0.25, 0.3) is 11.6 Å². The van der Waals surface area contributed by atoms with Crippen molar-refractivity contribution >= 4 is 24.0 Å². The summed E-state index contributed by atoms with van der Waals surface area (Å²) in [5.74, 6) is -0.215. The van der Waals surface area contributed by atoms with Crippen molar-refractivity contribution in [2.45, 2.75) is 13.0 Å². The van der Waals surface area contributed by atoms with Crippen LogP contribution in [0.25, 0.3) is 0 Å². The number of benzene rings is 1. The Bertz CT molecular complexity index is 538. The average Bonchev–Trinajstić information content (AvgIpc) is 2.46. The number of nitrogens with zero attached hydrogens (tertiary/aromatic N) is 2. The van der Waals surface area contributed by atoms with Crippen molar-refractivity contribution in [2.24, 2.45) is 5.73 Å². The number of carbonyl (C=O) groups excluding carboxylic acids is 1. The Balaban J connectivity index is 0.00000220. The van der Waals surface area contributed by atoms with E-state index in [4.69, 9.17) is 10.5 Å². The smallest absolute Gasteiger partial charge is 0.273 e. The minimum absolute atomic E-state index is 0. The number of nitro groups is 1.